The fourth-order valence-electron chi connectivity index (χ4n) is 3.91. The van der Waals surface area contributed by atoms with Crippen LogP contribution in [0.4, 0.5) is 11.4 Å². The fourth-order valence-corrected chi connectivity index (χ4v) is 3.91. The summed E-state index contributed by atoms with van der Waals surface area (Å²) in [5.41, 5.74) is 5.15. The van der Waals surface area contributed by atoms with Gasteiger partial charge in [0.15, 0.2) is 0 Å². The highest BCUT2D eigenvalue weighted by molar-refractivity contribution is 6.09. The summed E-state index contributed by atoms with van der Waals surface area (Å²) >= 11 is 0. The number of rotatable bonds is 3. The first kappa shape index (κ1) is 17.3. The van der Waals surface area contributed by atoms with E-state index in [0.29, 0.717) is 5.92 Å². The van der Waals surface area contributed by atoms with E-state index >= 15 is 0 Å². The molecule has 0 unspecified atom stereocenters. The molecule has 1 spiro atoms. The van der Waals surface area contributed by atoms with Gasteiger partial charge < -0.3 is 10.6 Å². The molecule has 0 radical (unpaired) electrons. The number of hydrogen-bond donors (Lipinski definition) is 2. The summed E-state index contributed by atoms with van der Waals surface area (Å²) in [5, 5.41) is 7.63. The van der Waals surface area contributed by atoms with Crippen LogP contribution in [-0.4, -0.2) is 17.9 Å². The van der Waals surface area contributed by atoms with Gasteiger partial charge in [-0.25, -0.2) is 0 Å². The third-order valence-corrected chi connectivity index (χ3v) is 5.65. The molecule has 132 valence electrons. The Hall–Kier alpha value is -1.51. The third kappa shape index (κ3) is 3.60. The van der Waals surface area contributed by atoms with Crippen molar-refractivity contribution in [3.8, 4) is 0 Å². The van der Waals surface area contributed by atoms with Crippen molar-refractivity contribution in [3.63, 3.8) is 0 Å². The van der Waals surface area contributed by atoms with Crippen molar-refractivity contribution in [3.05, 3.63) is 23.3 Å². The minimum atomic E-state index is 0.0160. The lowest BCUT2D eigenvalue weighted by molar-refractivity contribution is 0.521. The molecule has 1 aliphatic carbocycles. The number of aliphatic imine (C=N–C) groups is 1. The second kappa shape index (κ2) is 7.16. The smallest absolute Gasteiger partial charge is 0.127 e. The summed E-state index contributed by atoms with van der Waals surface area (Å²) in [6.45, 7) is 9.85. The summed E-state index contributed by atoms with van der Waals surface area (Å²) < 4.78 is 0. The van der Waals surface area contributed by atoms with Crippen LogP contribution in [0.15, 0.2) is 17.1 Å². The van der Waals surface area contributed by atoms with E-state index in [4.69, 9.17) is 4.99 Å². The number of benzene rings is 1. The highest BCUT2D eigenvalue weighted by atomic mass is 15.2. The molecule has 3 rings (SSSR count). The van der Waals surface area contributed by atoms with Gasteiger partial charge in [0.05, 0.1) is 16.9 Å². The van der Waals surface area contributed by atoms with Crippen molar-refractivity contribution < 1.29 is 0 Å². The minimum absolute atomic E-state index is 0.0160. The van der Waals surface area contributed by atoms with Crippen LogP contribution in [0.1, 0.15) is 69.9 Å². The zero-order chi connectivity index (χ0) is 17.2. The topological polar surface area (TPSA) is 36.4 Å². The molecule has 1 fully saturated rings. The molecule has 0 aromatic heterocycles. The molecule has 24 heavy (non-hydrogen) atoms. The van der Waals surface area contributed by atoms with Crippen LogP contribution in [-0.2, 0) is 0 Å². The average Bonchev–Trinajstić information content (AvgIpc) is 2.76. The number of fused-ring (bicyclic) bond motifs is 1. The zero-order valence-corrected chi connectivity index (χ0v) is 15.8. The van der Waals surface area contributed by atoms with Gasteiger partial charge in [-0.05, 0) is 62.3 Å². The number of amidine groups is 1. The Bertz CT molecular complexity index is 608. The Labute approximate surface area is 147 Å². The van der Waals surface area contributed by atoms with E-state index in [1.165, 1.54) is 66.9 Å². The fraction of sp³-hybridized carbons (Fsp3) is 0.667. The largest absolute Gasteiger partial charge is 0.371 e. The van der Waals surface area contributed by atoms with Crippen LogP contribution < -0.4 is 10.6 Å². The Morgan fingerprint density at radius 2 is 1.62 bits per heavy atom. The quantitative estimate of drug-likeness (QED) is 0.749. The number of hydrogen-bond acceptors (Lipinski definition) is 2. The zero-order valence-electron chi connectivity index (χ0n) is 15.8. The molecule has 1 aliphatic heterocycles. The van der Waals surface area contributed by atoms with Gasteiger partial charge in [0.25, 0.3) is 0 Å². The van der Waals surface area contributed by atoms with Gasteiger partial charge in [-0.2, -0.15) is 0 Å². The summed E-state index contributed by atoms with van der Waals surface area (Å²) in [6, 6.07) is 4.56. The maximum absolute atomic E-state index is 5.04. The molecule has 0 amide bonds. The van der Waals surface area contributed by atoms with Crippen molar-refractivity contribution >= 4 is 17.2 Å². The Morgan fingerprint density at radius 1 is 1.00 bits per heavy atom. The molecule has 3 heteroatoms. The van der Waals surface area contributed by atoms with Crippen molar-refractivity contribution in [2.75, 3.05) is 17.2 Å². The Kier molecular flexibility index (Phi) is 5.17. The third-order valence-electron chi connectivity index (χ3n) is 5.65. The number of aryl methyl sites for hydroxylation is 2. The lowest BCUT2D eigenvalue weighted by Gasteiger charge is -2.41. The first-order valence-electron chi connectivity index (χ1n) is 9.71. The lowest BCUT2D eigenvalue weighted by Crippen LogP contribution is -2.52. The van der Waals surface area contributed by atoms with Crippen LogP contribution in [0.3, 0.4) is 0 Å². The standard InChI is InChI=1S/C21H33N3/c1-15(2)9-12-22-20-21(10-7-5-6-8-11-21)24-19-14-17(4)16(3)13-18(19)23-20/h13-15,24H,5-12H2,1-4H3,(H,22,23). The maximum atomic E-state index is 5.04. The predicted molar refractivity (Wildman–Crippen MR) is 105 cm³/mol. The lowest BCUT2D eigenvalue weighted by atomic mass is 9.85. The van der Waals surface area contributed by atoms with Crippen molar-refractivity contribution in [2.24, 2.45) is 10.9 Å². The van der Waals surface area contributed by atoms with E-state index in [0.717, 1.165) is 13.0 Å². The molecule has 1 heterocycles. The van der Waals surface area contributed by atoms with E-state index in [1.54, 1.807) is 0 Å². The van der Waals surface area contributed by atoms with E-state index < -0.39 is 0 Å². The molecule has 0 bridgehead atoms. The van der Waals surface area contributed by atoms with E-state index in [1.807, 2.05) is 0 Å². The van der Waals surface area contributed by atoms with Gasteiger partial charge in [0.2, 0.25) is 0 Å². The van der Waals surface area contributed by atoms with Crippen LogP contribution in [0.2, 0.25) is 0 Å². The summed E-state index contributed by atoms with van der Waals surface area (Å²) in [7, 11) is 0. The van der Waals surface area contributed by atoms with Gasteiger partial charge in [-0.1, -0.05) is 39.5 Å². The minimum Gasteiger partial charge on any atom is -0.371 e. The summed E-state index contributed by atoms with van der Waals surface area (Å²) in [5.74, 6) is 1.88. The van der Waals surface area contributed by atoms with Crippen LogP contribution >= 0.6 is 0 Å². The van der Waals surface area contributed by atoms with Crippen molar-refractivity contribution in [2.45, 2.75) is 78.2 Å². The predicted octanol–water partition coefficient (Wildman–Crippen LogP) is 5.68. The monoisotopic (exact) mass is 327 g/mol. The van der Waals surface area contributed by atoms with E-state index in [2.05, 4.69) is 50.5 Å². The Morgan fingerprint density at radius 3 is 2.25 bits per heavy atom. The van der Waals surface area contributed by atoms with E-state index in [-0.39, 0.29) is 5.54 Å². The maximum Gasteiger partial charge on any atom is 0.127 e. The first-order valence-corrected chi connectivity index (χ1v) is 9.71. The normalized spacial score (nSPS) is 21.3. The van der Waals surface area contributed by atoms with Gasteiger partial charge in [0, 0.05) is 6.54 Å². The molecular formula is C21H33N3. The second-order valence-corrected chi connectivity index (χ2v) is 8.14. The molecule has 0 saturated heterocycles. The van der Waals surface area contributed by atoms with Crippen LogP contribution in [0.5, 0.6) is 0 Å². The van der Waals surface area contributed by atoms with Crippen LogP contribution in [0, 0.1) is 19.8 Å². The second-order valence-electron chi connectivity index (χ2n) is 8.14. The SMILES string of the molecule is Cc1cc2c(cc1C)NC1(CCCCCC1)C(=NCCC(C)C)N2. The highest BCUT2D eigenvalue weighted by Crippen LogP contribution is 2.40. The van der Waals surface area contributed by atoms with Gasteiger partial charge in [-0.15, -0.1) is 0 Å². The highest BCUT2D eigenvalue weighted by Gasteiger charge is 2.40. The average molecular weight is 328 g/mol. The molecule has 2 aliphatic rings. The molecule has 3 nitrogen and oxygen atoms in total. The number of anilines is 2. The van der Waals surface area contributed by atoms with Crippen molar-refractivity contribution in [1.82, 2.24) is 0 Å². The molecule has 1 aromatic carbocycles. The van der Waals surface area contributed by atoms with Crippen molar-refractivity contribution in [1.29, 1.82) is 0 Å². The molecule has 0 atom stereocenters. The summed E-state index contributed by atoms with van der Waals surface area (Å²) in [4.78, 5) is 5.04. The first-order chi connectivity index (χ1) is 11.5. The molecule has 1 aromatic rings. The Balaban J connectivity index is 1.94. The van der Waals surface area contributed by atoms with Crippen LogP contribution in [0.25, 0.3) is 0 Å². The molecular weight excluding hydrogens is 294 g/mol. The van der Waals surface area contributed by atoms with Gasteiger partial charge in [0.1, 0.15) is 5.84 Å². The molecule has 2 N–H and O–H groups in total. The van der Waals surface area contributed by atoms with Gasteiger partial charge >= 0.3 is 0 Å². The summed E-state index contributed by atoms with van der Waals surface area (Å²) in [6.07, 6.45) is 8.81. The number of nitrogens with one attached hydrogen (secondary N) is 2. The number of nitrogens with zero attached hydrogens (tertiary/aromatic N) is 1. The molecule has 1 saturated carbocycles. The van der Waals surface area contributed by atoms with Gasteiger partial charge in [-0.3, -0.25) is 4.99 Å². The van der Waals surface area contributed by atoms with E-state index in [9.17, 15) is 0 Å².